The molecule has 0 aliphatic heterocycles. The first-order valence-electron chi connectivity index (χ1n) is 5.60. The third kappa shape index (κ3) is 1.73. The molecule has 0 aromatic heterocycles. The molecule has 0 aromatic carbocycles. The van der Waals surface area contributed by atoms with Crippen molar-refractivity contribution in [2.24, 2.45) is 11.3 Å². The van der Waals surface area contributed by atoms with Gasteiger partial charge in [-0.2, -0.15) is 0 Å². The number of rotatable bonds is 4. The molecule has 0 heterocycles. The average molecular weight is 211 g/mol. The van der Waals surface area contributed by atoms with Gasteiger partial charge < -0.3 is 10.4 Å². The number of aliphatic carboxylic acids is 1. The number of carbonyl (C=O) groups is 2. The summed E-state index contributed by atoms with van der Waals surface area (Å²) in [7, 11) is 0. The summed E-state index contributed by atoms with van der Waals surface area (Å²) in [5, 5.41) is 11.8. The molecule has 4 heteroatoms. The number of nitrogens with one attached hydrogen (secondary N) is 1. The molecule has 0 radical (unpaired) electrons. The van der Waals surface area contributed by atoms with E-state index < -0.39 is 11.4 Å². The highest BCUT2D eigenvalue weighted by atomic mass is 16.4. The summed E-state index contributed by atoms with van der Waals surface area (Å²) in [5.74, 6) is -0.700. The standard InChI is InChI=1S/C11H17NO3/c1-7(8-3-2-4-8)12-9(13)11(5-6-11)10(14)15/h7-8H,2-6H2,1H3,(H,12,13)(H,14,15). The van der Waals surface area contributed by atoms with Crippen LogP contribution in [0.1, 0.15) is 39.0 Å². The second-order valence-electron chi connectivity index (χ2n) is 4.84. The molecule has 0 aromatic rings. The summed E-state index contributed by atoms with van der Waals surface area (Å²) in [6.45, 7) is 1.97. The molecule has 2 saturated carbocycles. The van der Waals surface area contributed by atoms with Crippen LogP contribution in [0.5, 0.6) is 0 Å². The average Bonchev–Trinajstić information content (AvgIpc) is 2.78. The lowest BCUT2D eigenvalue weighted by Crippen LogP contribution is -2.46. The maximum atomic E-state index is 11.7. The van der Waals surface area contributed by atoms with Gasteiger partial charge in [0, 0.05) is 6.04 Å². The second-order valence-corrected chi connectivity index (χ2v) is 4.84. The van der Waals surface area contributed by atoms with Gasteiger partial charge in [0.1, 0.15) is 5.41 Å². The van der Waals surface area contributed by atoms with Crippen LogP contribution in [0.2, 0.25) is 0 Å². The van der Waals surface area contributed by atoms with Crippen LogP contribution in [0.15, 0.2) is 0 Å². The number of hydrogen-bond acceptors (Lipinski definition) is 2. The van der Waals surface area contributed by atoms with Crippen LogP contribution in [0.3, 0.4) is 0 Å². The Labute approximate surface area is 89.0 Å². The lowest BCUT2D eigenvalue weighted by atomic mass is 9.80. The van der Waals surface area contributed by atoms with E-state index in [4.69, 9.17) is 5.11 Å². The Kier molecular flexibility index (Phi) is 2.44. The van der Waals surface area contributed by atoms with Gasteiger partial charge in [-0.05, 0) is 38.5 Å². The van der Waals surface area contributed by atoms with E-state index in [1.165, 1.54) is 6.42 Å². The fourth-order valence-electron chi connectivity index (χ4n) is 2.07. The van der Waals surface area contributed by atoms with E-state index in [1.807, 2.05) is 6.92 Å². The molecular formula is C11H17NO3. The first-order chi connectivity index (χ1) is 7.06. The summed E-state index contributed by atoms with van der Waals surface area (Å²) in [4.78, 5) is 22.6. The molecule has 0 spiro atoms. The fraction of sp³-hybridized carbons (Fsp3) is 0.818. The van der Waals surface area contributed by atoms with Gasteiger partial charge in [-0.15, -0.1) is 0 Å². The van der Waals surface area contributed by atoms with Crippen LogP contribution in [0.4, 0.5) is 0 Å². The van der Waals surface area contributed by atoms with E-state index in [0.29, 0.717) is 18.8 Å². The zero-order valence-electron chi connectivity index (χ0n) is 8.95. The van der Waals surface area contributed by atoms with Crippen LogP contribution >= 0.6 is 0 Å². The number of carboxylic acid groups (broad SMARTS) is 1. The Morgan fingerprint density at radius 2 is 2.00 bits per heavy atom. The maximum Gasteiger partial charge on any atom is 0.319 e. The van der Waals surface area contributed by atoms with Crippen molar-refractivity contribution in [3.05, 3.63) is 0 Å². The SMILES string of the molecule is CC(NC(=O)C1(C(=O)O)CC1)C1CCC1. The van der Waals surface area contributed by atoms with Gasteiger partial charge in [0.2, 0.25) is 5.91 Å². The van der Waals surface area contributed by atoms with Crippen molar-refractivity contribution >= 4 is 11.9 Å². The lowest BCUT2D eigenvalue weighted by molar-refractivity contribution is -0.149. The van der Waals surface area contributed by atoms with E-state index in [1.54, 1.807) is 0 Å². The summed E-state index contributed by atoms with van der Waals surface area (Å²) in [6.07, 6.45) is 4.52. The Morgan fingerprint density at radius 1 is 1.40 bits per heavy atom. The fourth-order valence-corrected chi connectivity index (χ4v) is 2.07. The first kappa shape index (κ1) is 10.5. The summed E-state index contributed by atoms with van der Waals surface area (Å²) < 4.78 is 0. The van der Waals surface area contributed by atoms with Crippen molar-refractivity contribution in [3.8, 4) is 0 Å². The van der Waals surface area contributed by atoms with Gasteiger partial charge in [0.15, 0.2) is 0 Å². The van der Waals surface area contributed by atoms with Gasteiger partial charge in [-0.1, -0.05) is 6.42 Å². The molecule has 1 unspecified atom stereocenters. The predicted octanol–water partition coefficient (Wildman–Crippen LogP) is 1.16. The number of carboxylic acids is 1. The van der Waals surface area contributed by atoms with Crippen LogP contribution in [0.25, 0.3) is 0 Å². The topological polar surface area (TPSA) is 66.4 Å². The molecule has 2 fully saturated rings. The van der Waals surface area contributed by atoms with Crippen molar-refractivity contribution in [2.75, 3.05) is 0 Å². The van der Waals surface area contributed by atoms with Crippen molar-refractivity contribution < 1.29 is 14.7 Å². The maximum absolute atomic E-state index is 11.7. The summed E-state index contributed by atoms with van der Waals surface area (Å²) in [5.41, 5.74) is -1.09. The molecule has 1 amide bonds. The van der Waals surface area contributed by atoms with Gasteiger partial charge in [0.25, 0.3) is 0 Å². The molecule has 2 aliphatic carbocycles. The van der Waals surface area contributed by atoms with Gasteiger partial charge in [0.05, 0.1) is 0 Å². The van der Waals surface area contributed by atoms with E-state index in [0.717, 1.165) is 12.8 Å². The van der Waals surface area contributed by atoms with Crippen molar-refractivity contribution in [1.29, 1.82) is 0 Å². The minimum Gasteiger partial charge on any atom is -0.480 e. The largest absolute Gasteiger partial charge is 0.480 e. The first-order valence-corrected chi connectivity index (χ1v) is 5.60. The zero-order valence-corrected chi connectivity index (χ0v) is 8.95. The predicted molar refractivity (Wildman–Crippen MR) is 54.2 cm³/mol. The third-order valence-corrected chi connectivity index (χ3v) is 3.81. The molecular weight excluding hydrogens is 194 g/mol. The lowest BCUT2D eigenvalue weighted by Gasteiger charge is -2.32. The zero-order chi connectivity index (χ0) is 11.1. The summed E-state index contributed by atoms with van der Waals surface area (Å²) in [6, 6.07) is 0.128. The number of carbonyl (C=O) groups excluding carboxylic acids is 1. The second kappa shape index (κ2) is 3.51. The van der Waals surface area contributed by atoms with Gasteiger partial charge in [-0.25, -0.2) is 0 Å². The smallest absolute Gasteiger partial charge is 0.319 e. The number of hydrogen-bond donors (Lipinski definition) is 2. The molecule has 2 aliphatic rings. The van der Waals surface area contributed by atoms with Crippen LogP contribution < -0.4 is 5.32 Å². The molecule has 84 valence electrons. The molecule has 1 atom stereocenters. The highest BCUT2D eigenvalue weighted by molar-refractivity contribution is 6.04. The van der Waals surface area contributed by atoms with Gasteiger partial charge in [-0.3, -0.25) is 9.59 Å². The quantitative estimate of drug-likeness (QED) is 0.686. The van der Waals surface area contributed by atoms with Crippen molar-refractivity contribution in [3.63, 3.8) is 0 Å². The monoisotopic (exact) mass is 211 g/mol. The minimum atomic E-state index is -1.09. The highest BCUT2D eigenvalue weighted by Crippen LogP contribution is 2.46. The van der Waals surface area contributed by atoms with Crippen LogP contribution in [-0.4, -0.2) is 23.0 Å². The Balaban J connectivity index is 1.89. The van der Waals surface area contributed by atoms with E-state index in [2.05, 4.69) is 5.32 Å². The van der Waals surface area contributed by atoms with Gasteiger partial charge >= 0.3 is 5.97 Å². The normalized spacial score (nSPS) is 25.1. The Morgan fingerprint density at radius 3 is 2.33 bits per heavy atom. The molecule has 2 N–H and O–H groups in total. The van der Waals surface area contributed by atoms with E-state index >= 15 is 0 Å². The van der Waals surface area contributed by atoms with E-state index in [9.17, 15) is 9.59 Å². The van der Waals surface area contributed by atoms with Crippen molar-refractivity contribution in [2.45, 2.75) is 45.1 Å². The highest BCUT2D eigenvalue weighted by Gasteiger charge is 2.57. The van der Waals surface area contributed by atoms with Crippen LogP contribution in [0, 0.1) is 11.3 Å². The molecule has 4 nitrogen and oxygen atoms in total. The number of amides is 1. The summed E-state index contributed by atoms with van der Waals surface area (Å²) >= 11 is 0. The molecule has 15 heavy (non-hydrogen) atoms. The van der Waals surface area contributed by atoms with Crippen LogP contribution in [-0.2, 0) is 9.59 Å². The Bertz CT molecular complexity index is 292. The third-order valence-electron chi connectivity index (χ3n) is 3.81. The Hall–Kier alpha value is -1.06. The molecule has 0 saturated heterocycles. The van der Waals surface area contributed by atoms with Crippen molar-refractivity contribution in [1.82, 2.24) is 5.32 Å². The molecule has 2 rings (SSSR count). The van der Waals surface area contributed by atoms with E-state index in [-0.39, 0.29) is 11.9 Å². The minimum absolute atomic E-state index is 0.128. The molecule has 0 bridgehead atoms.